The zero-order chi connectivity index (χ0) is 39.6. The maximum atomic E-state index is 6.63. The lowest BCUT2D eigenvalue weighted by Crippen LogP contribution is -2.60. The topological polar surface area (TPSA) is 34.5 Å². The monoisotopic (exact) mass is 786 g/mol. The highest BCUT2D eigenvalue weighted by atomic mass is 32.1. The number of thiophene rings is 1. The van der Waals surface area contributed by atoms with E-state index in [1.165, 1.54) is 75.3 Å². The summed E-state index contributed by atoms with van der Waals surface area (Å²) in [5.41, 5.74) is 17.2. The van der Waals surface area contributed by atoms with Crippen LogP contribution in [0.1, 0.15) is 26.3 Å². The molecule has 6 heterocycles. The minimum absolute atomic E-state index is 0.0242. The van der Waals surface area contributed by atoms with Crippen LogP contribution in [0.2, 0.25) is 0 Å². The molecule has 6 heteroatoms. The number of furan rings is 2. The van der Waals surface area contributed by atoms with E-state index < -0.39 is 0 Å². The van der Waals surface area contributed by atoms with Gasteiger partial charge in [-0.1, -0.05) is 112 Å². The molecule has 0 saturated heterocycles. The van der Waals surface area contributed by atoms with Crippen LogP contribution in [0.5, 0.6) is 0 Å². The van der Waals surface area contributed by atoms with Crippen LogP contribution in [0.25, 0.3) is 103 Å². The van der Waals surface area contributed by atoms with Gasteiger partial charge in [0.25, 0.3) is 0 Å². The Morgan fingerprint density at radius 2 is 1.33 bits per heavy atom. The van der Waals surface area contributed by atoms with E-state index in [4.69, 9.17) is 8.83 Å². The van der Waals surface area contributed by atoms with E-state index in [1.807, 2.05) is 17.6 Å². The highest BCUT2D eigenvalue weighted by Gasteiger charge is 2.45. The molecule has 0 N–H and O–H groups in total. The SMILES string of the molecule is CC(C)(C)c1ccc(N2B3c4cc5occ(-c6ccccc6)c5cc4-n4c5cc6c(cc5c5ccc(c3c54)-c3cc4c(cc32)oc2ccccc24)sc2ccccc26)cc1. The number of rotatable bonds is 2. The van der Waals surface area contributed by atoms with Crippen molar-refractivity contribution >= 4 is 115 Å². The number of aromatic nitrogens is 1. The molecule has 0 atom stereocenters. The Morgan fingerprint density at radius 1 is 0.533 bits per heavy atom. The molecule has 8 aromatic carbocycles. The van der Waals surface area contributed by atoms with E-state index in [-0.39, 0.29) is 12.3 Å². The summed E-state index contributed by atoms with van der Waals surface area (Å²) in [4.78, 5) is 2.58. The maximum absolute atomic E-state index is 6.63. The lowest BCUT2D eigenvalue weighted by atomic mass is 9.44. The van der Waals surface area contributed by atoms with Gasteiger partial charge in [-0.2, -0.15) is 0 Å². The van der Waals surface area contributed by atoms with Crippen LogP contribution in [-0.4, -0.2) is 11.4 Å². The van der Waals surface area contributed by atoms with Gasteiger partial charge in [-0.25, -0.2) is 0 Å². The van der Waals surface area contributed by atoms with E-state index in [0.29, 0.717) is 0 Å². The first kappa shape index (κ1) is 32.9. The van der Waals surface area contributed by atoms with Crippen LogP contribution >= 0.6 is 11.3 Å². The van der Waals surface area contributed by atoms with Crippen LogP contribution in [0.15, 0.2) is 167 Å². The highest BCUT2D eigenvalue weighted by molar-refractivity contribution is 7.25. The molecule has 12 aromatic rings. The van der Waals surface area contributed by atoms with E-state index in [9.17, 15) is 0 Å². The largest absolute Gasteiger partial charge is 0.464 e. The minimum atomic E-state index is -0.151. The number of anilines is 2. The van der Waals surface area contributed by atoms with Gasteiger partial charge in [0.05, 0.1) is 17.3 Å². The average molecular weight is 787 g/mol. The summed E-state index contributed by atoms with van der Waals surface area (Å²) < 4.78 is 18.4. The van der Waals surface area contributed by atoms with Crippen molar-refractivity contribution in [2.45, 2.75) is 26.2 Å². The molecule has 0 fully saturated rings. The summed E-state index contributed by atoms with van der Waals surface area (Å²) in [6.07, 6.45) is 1.94. The molecule has 282 valence electrons. The molecule has 0 unspecified atom stereocenters. The Hall–Kier alpha value is -7.02. The van der Waals surface area contributed by atoms with Crippen LogP contribution in [0.3, 0.4) is 0 Å². The Balaban J connectivity index is 1.16. The fraction of sp³-hybridized carbons (Fsp3) is 0.0741. The molecule has 4 nitrogen and oxygen atoms in total. The van der Waals surface area contributed by atoms with Crippen molar-refractivity contribution < 1.29 is 8.83 Å². The third-order valence-electron chi connectivity index (χ3n) is 13.4. The molecule has 60 heavy (non-hydrogen) atoms. The first-order chi connectivity index (χ1) is 29.4. The van der Waals surface area contributed by atoms with Gasteiger partial charge < -0.3 is 18.2 Å². The van der Waals surface area contributed by atoms with Gasteiger partial charge in [0.15, 0.2) is 0 Å². The van der Waals surface area contributed by atoms with Crippen molar-refractivity contribution in [2.75, 3.05) is 4.81 Å². The Kier molecular flexibility index (Phi) is 6.24. The first-order valence-corrected chi connectivity index (χ1v) is 21.6. The summed E-state index contributed by atoms with van der Waals surface area (Å²) in [6, 6.07) is 56.2. The van der Waals surface area contributed by atoms with Crippen molar-refractivity contribution in [1.29, 1.82) is 0 Å². The summed E-state index contributed by atoms with van der Waals surface area (Å²) >= 11 is 1.88. The smallest absolute Gasteiger partial charge is 0.333 e. The van der Waals surface area contributed by atoms with Gasteiger partial charge >= 0.3 is 6.85 Å². The Bertz CT molecular complexity index is 3820. The van der Waals surface area contributed by atoms with Gasteiger partial charge in [-0.05, 0) is 87.6 Å². The quantitative estimate of drug-likeness (QED) is 0.164. The second-order valence-corrected chi connectivity index (χ2v) is 18.8. The van der Waals surface area contributed by atoms with Gasteiger partial charge in [0.2, 0.25) is 0 Å². The molecular weight excluding hydrogens is 751 g/mol. The first-order valence-electron chi connectivity index (χ1n) is 20.8. The summed E-state index contributed by atoms with van der Waals surface area (Å²) in [5.74, 6) is 0. The molecule has 0 radical (unpaired) electrons. The summed E-state index contributed by atoms with van der Waals surface area (Å²) in [6.45, 7) is 6.70. The van der Waals surface area contributed by atoms with E-state index in [0.717, 1.165) is 55.4 Å². The third-order valence-corrected chi connectivity index (χ3v) is 14.5. The lowest BCUT2D eigenvalue weighted by Gasteiger charge is -2.42. The molecule has 0 aliphatic carbocycles. The molecule has 2 aliphatic heterocycles. The Labute approximate surface area is 349 Å². The number of fused-ring (bicyclic) bond motifs is 15. The fourth-order valence-corrected chi connectivity index (χ4v) is 11.7. The standard InChI is InChI=1S/C54H35BN2O2S/c1-54(2,3)31-17-19-32(20-18-31)57-45-28-49-39(33-13-7-9-15-47(33)59-49)23-37(45)35-21-22-36-38-26-51-41(34-14-8-10-16-50(34)60-51)25-44(38)56-46-24-40-42(30-11-5-4-6-12-30)29-58-48(40)27-43(46)55(57)52(35)53(36)56/h4-29H,1-3H3. The fourth-order valence-electron chi connectivity index (χ4n) is 10.6. The van der Waals surface area contributed by atoms with Crippen molar-refractivity contribution in [1.82, 2.24) is 4.57 Å². The molecule has 4 aromatic heterocycles. The van der Waals surface area contributed by atoms with Gasteiger partial charge in [0, 0.05) is 81.4 Å². The van der Waals surface area contributed by atoms with Gasteiger partial charge in [-0.3, -0.25) is 0 Å². The van der Waals surface area contributed by atoms with Gasteiger partial charge in [0.1, 0.15) is 16.7 Å². The van der Waals surface area contributed by atoms with Crippen LogP contribution in [-0.2, 0) is 5.41 Å². The summed E-state index contributed by atoms with van der Waals surface area (Å²) in [7, 11) is 0. The molecule has 0 spiro atoms. The number of hydrogen-bond donors (Lipinski definition) is 0. The molecule has 0 saturated carbocycles. The maximum Gasteiger partial charge on any atom is 0.333 e. The minimum Gasteiger partial charge on any atom is -0.464 e. The second-order valence-electron chi connectivity index (χ2n) is 17.7. The molecule has 14 rings (SSSR count). The zero-order valence-electron chi connectivity index (χ0n) is 33.2. The normalized spacial score (nSPS) is 13.5. The molecular formula is C54H35BN2O2S. The van der Waals surface area contributed by atoms with Gasteiger partial charge in [-0.15, -0.1) is 11.3 Å². The van der Waals surface area contributed by atoms with Crippen molar-refractivity contribution in [3.8, 4) is 27.9 Å². The summed E-state index contributed by atoms with van der Waals surface area (Å²) in [5, 5.41) is 8.53. The molecule has 2 aliphatic rings. The number of nitrogens with zero attached hydrogens (tertiary/aromatic N) is 2. The lowest BCUT2D eigenvalue weighted by molar-refractivity contribution is 0.590. The molecule has 0 bridgehead atoms. The van der Waals surface area contributed by atoms with Crippen LogP contribution in [0, 0.1) is 0 Å². The predicted octanol–water partition coefficient (Wildman–Crippen LogP) is 14.0. The van der Waals surface area contributed by atoms with Crippen LogP contribution < -0.4 is 15.7 Å². The predicted molar refractivity (Wildman–Crippen MR) is 254 cm³/mol. The Morgan fingerprint density at radius 3 is 2.18 bits per heavy atom. The van der Waals surface area contributed by atoms with Crippen molar-refractivity contribution in [3.63, 3.8) is 0 Å². The van der Waals surface area contributed by atoms with Crippen LogP contribution in [0.4, 0.5) is 11.4 Å². The van der Waals surface area contributed by atoms with Crippen molar-refractivity contribution in [3.05, 3.63) is 163 Å². The van der Waals surface area contributed by atoms with E-state index in [2.05, 4.69) is 182 Å². The number of hydrogen-bond acceptors (Lipinski definition) is 4. The van der Waals surface area contributed by atoms with E-state index >= 15 is 0 Å². The second kappa shape index (κ2) is 11.4. The number of para-hydroxylation sites is 1. The van der Waals surface area contributed by atoms with Crippen molar-refractivity contribution in [2.24, 2.45) is 0 Å². The number of benzene rings is 8. The zero-order valence-corrected chi connectivity index (χ0v) is 34.0. The molecule has 0 amide bonds. The third kappa shape index (κ3) is 4.26. The average Bonchev–Trinajstić information content (AvgIpc) is 4.04. The highest BCUT2D eigenvalue weighted by Crippen LogP contribution is 2.49. The van der Waals surface area contributed by atoms with E-state index in [1.54, 1.807) is 0 Å².